The quantitative estimate of drug-likeness (QED) is 0.686. The van der Waals surface area contributed by atoms with Crippen LogP contribution in [-0.2, 0) is 4.74 Å². The lowest BCUT2D eigenvalue weighted by atomic mass is 9.74. The molecule has 2 aliphatic carbocycles. The molecule has 106 valence electrons. The predicted molar refractivity (Wildman–Crippen MR) is 68.1 cm³/mol. The van der Waals surface area contributed by atoms with Crippen LogP contribution < -0.4 is 0 Å². The number of rotatable bonds is 5. The van der Waals surface area contributed by atoms with E-state index in [2.05, 4.69) is 6.92 Å². The molecule has 4 nitrogen and oxygen atoms in total. The normalized spacial score (nSPS) is 42.8. The summed E-state index contributed by atoms with van der Waals surface area (Å²) in [5.41, 5.74) is -0.712. The van der Waals surface area contributed by atoms with Gasteiger partial charge in [-0.1, -0.05) is 13.3 Å². The minimum atomic E-state index is -0.868. The van der Waals surface area contributed by atoms with Crippen LogP contribution in [0.3, 0.4) is 0 Å². The zero-order chi connectivity index (χ0) is 13.3. The van der Waals surface area contributed by atoms with Gasteiger partial charge in [0.2, 0.25) is 0 Å². The molecular weight excluding hydrogens is 232 g/mol. The van der Waals surface area contributed by atoms with Crippen LogP contribution in [0.1, 0.15) is 39.5 Å². The highest BCUT2D eigenvalue weighted by Crippen LogP contribution is 2.52. The third-order valence-corrected chi connectivity index (χ3v) is 4.94. The van der Waals surface area contributed by atoms with Gasteiger partial charge < -0.3 is 20.1 Å². The van der Waals surface area contributed by atoms with E-state index in [0.717, 1.165) is 19.3 Å². The summed E-state index contributed by atoms with van der Waals surface area (Å²) < 4.78 is 5.47. The maximum absolute atomic E-state index is 10.8. The molecule has 0 radical (unpaired) electrons. The summed E-state index contributed by atoms with van der Waals surface area (Å²) in [6.45, 7) is 4.13. The minimum Gasteiger partial charge on any atom is -0.391 e. The fourth-order valence-electron chi connectivity index (χ4n) is 3.81. The zero-order valence-electron chi connectivity index (χ0n) is 11.4. The van der Waals surface area contributed by atoms with E-state index >= 15 is 0 Å². The maximum atomic E-state index is 10.8. The number of ether oxygens (including phenoxy) is 1. The van der Waals surface area contributed by atoms with E-state index in [0.29, 0.717) is 17.8 Å². The summed E-state index contributed by atoms with van der Waals surface area (Å²) in [5, 5.41) is 29.5. The second-order valence-electron chi connectivity index (χ2n) is 6.26. The van der Waals surface area contributed by atoms with Gasteiger partial charge in [-0.25, -0.2) is 0 Å². The average molecular weight is 258 g/mol. The molecule has 3 N–H and O–H groups in total. The van der Waals surface area contributed by atoms with E-state index in [1.165, 1.54) is 13.3 Å². The van der Waals surface area contributed by atoms with Gasteiger partial charge in [0, 0.05) is 0 Å². The largest absolute Gasteiger partial charge is 0.391 e. The van der Waals surface area contributed by atoms with Crippen molar-refractivity contribution in [2.75, 3.05) is 13.2 Å². The van der Waals surface area contributed by atoms with E-state index in [1.807, 2.05) is 0 Å². The lowest BCUT2D eigenvalue weighted by molar-refractivity contribution is -0.133. The monoisotopic (exact) mass is 258 g/mol. The number of aliphatic hydroxyl groups excluding tert-OH is 2. The molecule has 6 atom stereocenters. The zero-order valence-corrected chi connectivity index (χ0v) is 11.4. The van der Waals surface area contributed by atoms with Gasteiger partial charge in [-0.05, 0) is 43.9 Å². The van der Waals surface area contributed by atoms with Crippen molar-refractivity contribution in [3.63, 3.8) is 0 Å². The summed E-state index contributed by atoms with van der Waals surface area (Å²) in [5.74, 6) is 1.24. The van der Waals surface area contributed by atoms with Crippen LogP contribution in [0.2, 0.25) is 0 Å². The fourth-order valence-corrected chi connectivity index (χ4v) is 3.81. The van der Waals surface area contributed by atoms with Crippen molar-refractivity contribution in [3.8, 4) is 0 Å². The standard InChI is InChI=1S/C14H26O4/c1-9-6-11-4-3-5-12(9)14(11,17)8-18-7-13(16)10(2)15/h9-13,15-17H,3-8H2,1-2H3/t9-,10+,11?,12+,13+,14+/m0/s1. The summed E-state index contributed by atoms with van der Waals surface area (Å²) in [6.07, 6.45) is 2.80. The molecule has 0 aromatic carbocycles. The number of hydrogen-bond acceptors (Lipinski definition) is 4. The van der Waals surface area contributed by atoms with Crippen molar-refractivity contribution < 1.29 is 20.1 Å². The van der Waals surface area contributed by atoms with Crippen molar-refractivity contribution in [3.05, 3.63) is 0 Å². The molecule has 0 spiro atoms. The summed E-state index contributed by atoms with van der Waals surface area (Å²) in [6, 6.07) is 0. The van der Waals surface area contributed by atoms with Gasteiger partial charge >= 0.3 is 0 Å². The van der Waals surface area contributed by atoms with E-state index < -0.39 is 17.8 Å². The molecule has 4 heteroatoms. The Kier molecular flexibility index (Phi) is 4.32. The molecule has 2 fully saturated rings. The summed E-state index contributed by atoms with van der Waals surface area (Å²) >= 11 is 0. The van der Waals surface area contributed by atoms with Crippen LogP contribution in [-0.4, -0.2) is 46.3 Å². The van der Waals surface area contributed by atoms with E-state index in [-0.39, 0.29) is 13.2 Å². The Morgan fingerprint density at radius 3 is 2.67 bits per heavy atom. The van der Waals surface area contributed by atoms with Crippen molar-refractivity contribution >= 4 is 0 Å². The molecule has 0 aromatic rings. The molecule has 18 heavy (non-hydrogen) atoms. The van der Waals surface area contributed by atoms with Crippen molar-refractivity contribution in [1.82, 2.24) is 0 Å². The van der Waals surface area contributed by atoms with Crippen LogP contribution in [0.4, 0.5) is 0 Å². The van der Waals surface area contributed by atoms with Gasteiger partial charge in [0.05, 0.1) is 24.9 Å². The van der Waals surface area contributed by atoms with Crippen LogP contribution in [0.15, 0.2) is 0 Å². The number of aliphatic hydroxyl groups is 3. The molecule has 0 aromatic heterocycles. The van der Waals surface area contributed by atoms with Crippen LogP contribution in [0.25, 0.3) is 0 Å². The molecule has 0 saturated heterocycles. The summed E-state index contributed by atoms with van der Waals surface area (Å²) in [7, 11) is 0. The van der Waals surface area contributed by atoms with Gasteiger partial charge in [0.15, 0.2) is 0 Å². The highest BCUT2D eigenvalue weighted by Gasteiger charge is 2.54. The predicted octanol–water partition coefficient (Wildman–Crippen LogP) is 0.932. The Hall–Kier alpha value is -0.160. The Morgan fingerprint density at radius 1 is 1.33 bits per heavy atom. The molecule has 0 aliphatic heterocycles. The van der Waals surface area contributed by atoms with Crippen LogP contribution in [0.5, 0.6) is 0 Å². The number of fused-ring (bicyclic) bond motifs is 2. The summed E-state index contributed by atoms with van der Waals surface area (Å²) in [4.78, 5) is 0. The second kappa shape index (κ2) is 5.45. The van der Waals surface area contributed by atoms with E-state index in [4.69, 9.17) is 4.74 Å². The average Bonchev–Trinajstić information content (AvgIpc) is 2.47. The Balaban J connectivity index is 1.88. The third kappa shape index (κ3) is 2.57. The second-order valence-corrected chi connectivity index (χ2v) is 6.26. The lowest BCUT2D eigenvalue weighted by Gasteiger charge is -2.40. The molecule has 2 rings (SSSR count). The van der Waals surface area contributed by atoms with Gasteiger partial charge in [0.25, 0.3) is 0 Å². The third-order valence-electron chi connectivity index (χ3n) is 4.94. The molecule has 2 bridgehead atoms. The Morgan fingerprint density at radius 2 is 2.06 bits per heavy atom. The molecule has 0 heterocycles. The highest BCUT2D eigenvalue weighted by molar-refractivity contribution is 5.04. The number of hydrogen-bond donors (Lipinski definition) is 3. The molecular formula is C14H26O4. The smallest absolute Gasteiger partial charge is 0.103 e. The van der Waals surface area contributed by atoms with Crippen LogP contribution in [0, 0.1) is 17.8 Å². The lowest BCUT2D eigenvalue weighted by Crippen LogP contribution is -2.48. The topological polar surface area (TPSA) is 69.9 Å². The Bertz CT molecular complexity index is 281. The minimum absolute atomic E-state index is 0.0911. The first-order valence-electron chi connectivity index (χ1n) is 7.11. The molecule has 2 aliphatic rings. The molecule has 2 saturated carbocycles. The fraction of sp³-hybridized carbons (Fsp3) is 1.00. The van der Waals surface area contributed by atoms with E-state index in [1.54, 1.807) is 0 Å². The molecule has 1 unspecified atom stereocenters. The molecule has 0 amide bonds. The first kappa shape index (κ1) is 14.3. The van der Waals surface area contributed by atoms with E-state index in [9.17, 15) is 15.3 Å². The Labute approximate surface area is 109 Å². The van der Waals surface area contributed by atoms with Crippen molar-refractivity contribution in [2.24, 2.45) is 17.8 Å². The SMILES string of the molecule is C[C@@H](O)[C@H](O)COC[C@@]1(O)C2CCC[C@@H]1[C@@H](C)C2. The van der Waals surface area contributed by atoms with Crippen molar-refractivity contribution in [1.29, 1.82) is 0 Å². The first-order valence-corrected chi connectivity index (χ1v) is 7.11. The highest BCUT2D eigenvalue weighted by atomic mass is 16.5. The first-order chi connectivity index (χ1) is 8.45. The van der Waals surface area contributed by atoms with Gasteiger partial charge in [-0.3, -0.25) is 0 Å². The van der Waals surface area contributed by atoms with Crippen LogP contribution >= 0.6 is 0 Å². The van der Waals surface area contributed by atoms with Gasteiger partial charge in [-0.2, -0.15) is 0 Å². The van der Waals surface area contributed by atoms with Gasteiger partial charge in [-0.15, -0.1) is 0 Å². The maximum Gasteiger partial charge on any atom is 0.103 e. The van der Waals surface area contributed by atoms with Crippen molar-refractivity contribution in [2.45, 2.75) is 57.3 Å². The van der Waals surface area contributed by atoms with Gasteiger partial charge in [0.1, 0.15) is 6.10 Å².